The smallest absolute Gasteiger partial charge is 0.306 e. The standard InChI is InChI=1S/C71H132O6/c1-4-7-10-13-16-19-22-25-27-29-31-32-33-34-35-36-37-38-39-41-42-44-46-49-52-55-58-61-64-70(73)76-67-68(66-75-69(72)63-60-57-54-51-48-24-21-18-15-12-9-6-3)77-71(74)65-62-59-56-53-50-47-45-43-40-30-28-26-23-20-17-14-11-8-5-2/h17-18,20-21,26,28,68H,4-16,19,22-25,27,29-67H2,1-3H3/b20-17-,21-18-,28-26-. The van der Waals surface area contributed by atoms with E-state index in [1.54, 1.807) is 0 Å². The number of unbranched alkanes of at least 4 members (excludes halogenated alkanes) is 47. The summed E-state index contributed by atoms with van der Waals surface area (Å²) in [6.07, 6.45) is 81.8. The van der Waals surface area contributed by atoms with Gasteiger partial charge in [-0.3, -0.25) is 14.4 Å². The third-order valence-corrected chi connectivity index (χ3v) is 15.6. The molecule has 0 aliphatic rings. The largest absolute Gasteiger partial charge is 0.462 e. The Morgan fingerprint density at radius 2 is 0.468 bits per heavy atom. The molecule has 452 valence electrons. The fourth-order valence-electron chi connectivity index (χ4n) is 10.4. The van der Waals surface area contributed by atoms with Gasteiger partial charge in [0.05, 0.1) is 0 Å². The Labute approximate surface area is 480 Å². The first-order valence-corrected chi connectivity index (χ1v) is 34.5. The molecule has 0 radical (unpaired) electrons. The van der Waals surface area contributed by atoms with E-state index >= 15 is 0 Å². The molecule has 1 unspecified atom stereocenters. The molecule has 0 saturated heterocycles. The predicted octanol–water partition coefficient (Wildman–Crippen LogP) is 23.6. The summed E-state index contributed by atoms with van der Waals surface area (Å²) in [6.45, 7) is 6.65. The number of hydrogen-bond acceptors (Lipinski definition) is 6. The molecule has 0 spiro atoms. The first kappa shape index (κ1) is 74.6. The summed E-state index contributed by atoms with van der Waals surface area (Å²) in [5.41, 5.74) is 0. The van der Waals surface area contributed by atoms with Crippen molar-refractivity contribution in [2.45, 2.75) is 386 Å². The number of rotatable bonds is 64. The van der Waals surface area contributed by atoms with Gasteiger partial charge in [0.25, 0.3) is 0 Å². The lowest BCUT2D eigenvalue weighted by Crippen LogP contribution is -2.30. The average Bonchev–Trinajstić information content (AvgIpc) is 3.43. The van der Waals surface area contributed by atoms with E-state index in [-0.39, 0.29) is 31.1 Å². The van der Waals surface area contributed by atoms with Crippen LogP contribution in [-0.4, -0.2) is 37.2 Å². The topological polar surface area (TPSA) is 78.9 Å². The Hall–Kier alpha value is -2.37. The minimum atomic E-state index is -0.776. The predicted molar refractivity (Wildman–Crippen MR) is 335 cm³/mol. The number of carbonyl (C=O) groups excluding carboxylic acids is 3. The highest BCUT2D eigenvalue weighted by atomic mass is 16.6. The van der Waals surface area contributed by atoms with E-state index in [4.69, 9.17) is 14.2 Å². The molecular weight excluding hydrogens is 949 g/mol. The third kappa shape index (κ3) is 64.3. The average molecular weight is 1080 g/mol. The van der Waals surface area contributed by atoms with Gasteiger partial charge < -0.3 is 14.2 Å². The molecular formula is C71H132O6. The summed E-state index contributed by atoms with van der Waals surface area (Å²) in [7, 11) is 0. The maximum Gasteiger partial charge on any atom is 0.306 e. The third-order valence-electron chi connectivity index (χ3n) is 15.6. The summed E-state index contributed by atoms with van der Waals surface area (Å²) in [5.74, 6) is -0.861. The van der Waals surface area contributed by atoms with Crippen LogP contribution in [0.5, 0.6) is 0 Å². The van der Waals surface area contributed by atoms with Crippen molar-refractivity contribution in [2.24, 2.45) is 0 Å². The van der Waals surface area contributed by atoms with Crippen LogP contribution in [0.1, 0.15) is 380 Å². The molecule has 0 bridgehead atoms. The second kappa shape index (κ2) is 66.1. The quantitative estimate of drug-likeness (QED) is 0.0261. The number of esters is 3. The maximum atomic E-state index is 12.9. The van der Waals surface area contributed by atoms with Crippen molar-refractivity contribution in [3.8, 4) is 0 Å². The van der Waals surface area contributed by atoms with Crippen molar-refractivity contribution in [2.75, 3.05) is 13.2 Å². The molecule has 1 atom stereocenters. The van der Waals surface area contributed by atoms with E-state index in [0.29, 0.717) is 19.3 Å². The van der Waals surface area contributed by atoms with Gasteiger partial charge in [0, 0.05) is 19.3 Å². The van der Waals surface area contributed by atoms with Crippen LogP contribution in [0.2, 0.25) is 0 Å². The molecule has 0 aliphatic carbocycles. The zero-order valence-electron chi connectivity index (χ0n) is 52.0. The van der Waals surface area contributed by atoms with E-state index in [0.717, 1.165) is 70.6 Å². The van der Waals surface area contributed by atoms with Gasteiger partial charge in [-0.1, -0.05) is 320 Å². The van der Waals surface area contributed by atoms with Crippen molar-refractivity contribution in [1.82, 2.24) is 0 Å². The summed E-state index contributed by atoms with van der Waals surface area (Å²) in [6, 6.07) is 0. The normalized spacial score (nSPS) is 12.2. The summed E-state index contributed by atoms with van der Waals surface area (Å²) < 4.78 is 16.9. The highest BCUT2D eigenvalue weighted by molar-refractivity contribution is 5.71. The second-order valence-corrected chi connectivity index (χ2v) is 23.4. The van der Waals surface area contributed by atoms with Crippen molar-refractivity contribution < 1.29 is 28.6 Å². The van der Waals surface area contributed by atoms with E-state index in [1.165, 1.54) is 270 Å². The molecule has 0 saturated carbocycles. The molecule has 6 nitrogen and oxygen atoms in total. The van der Waals surface area contributed by atoms with Crippen molar-refractivity contribution >= 4 is 17.9 Å². The van der Waals surface area contributed by atoms with Gasteiger partial charge in [0.2, 0.25) is 0 Å². The van der Waals surface area contributed by atoms with Crippen molar-refractivity contribution in [1.29, 1.82) is 0 Å². The zero-order chi connectivity index (χ0) is 55.7. The first-order chi connectivity index (χ1) is 38.0. The Kier molecular flexibility index (Phi) is 64.1. The molecule has 0 aliphatic heterocycles. The molecule has 6 heteroatoms. The molecule has 0 rings (SSSR count). The van der Waals surface area contributed by atoms with Crippen LogP contribution in [0.4, 0.5) is 0 Å². The minimum Gasteiger partial charge on any atom is -0.462 e. The second-order valence-electron chi connectivity index (χ2n) is 23.4. The monoisotopic (exact) mass is 1080 g/mol. The fourth-order valence-corrected chi connectivity index (χ4v) is 10.4. The first-order valence-electron chi connectivity index (χ1n) is 34.5. The molecule has 0 amide bonds. The van der Waals surface area contributed by atoms with Crippen LogP contribution in [0, 0.1) is 0 Å². The Balaban J connectivity index is 4.17. The highest BCUT2D eigenvalue weighted by Gasteiger charge is 2.19. The maximum absolute atomic E-state index is 12.9. The van der Waals surface area contributed by atoms with Crippen LogP contribution in [0.25, 0.3) is 0 Å². The van der Waals surface area contributed by atoms with E-state index in [1.807, 2.05) is 0 Å². The number of carbonyl (C=O) groups is 3. The Morgan fingerprint density at radius 3 is 0.753 bits per heavy atom. The lowest BCUT2D eigenvalue weighted by Gasteiger charge is -2.18. The van der Waals surface area contributed by atoms with E-state index in [9.17, 15) is 14.4 Å². The number of ether oxygens (including phenoxy) is 3. The van der Waals surface area contributed by atoms with Crippen LogP contribution in [-0.2, 0) is 28.6 Å². The Morgan fingerprint density at radius 1 is 0.260 bits per heavy atom. The van der Waals surface area contributed by atoms with Crippen molar-refractivity contribution in [3.63, 3.8) is 0 Å². The molecule has 0 N–H and O–H groups in total. The summed E-state index contributed by atoms with van der Waals surface area (Å²) >= 11 is 0. The minimum absolute atomic E-state index is 0.0722. The van der Waals surface area contributed by atoms with Gasteiger partial charge in [0.15, 0.2) is 6.10 Å². The summed E-state index contributed by atoms with van der Waals surface area (Å²) in [5, 5.41) is 0. The van der Waals surface area contributed by atoms with Crippen LogP contribution < -0.4 is 0 Å². The highest BCUT2D eigenvalue weighted by Crippen LogP contribution is 2.18. The van der Waals surface area contributed by atoms with Crippen LogP contribution in [0.15, 0.2) is 36.5 Å². The van der Waals surface area contributed by atoms with Crippen LogP contribution in [0.3, 0.4) is 0 Å². The zero-order valence-corrected chi connectivity index (χ0v) is 52.0. The lowest BCUT2D eigenvalue weighted by molar-refractivity contribution is -0.167. The molecule has 0 aromatic rings. The SMILES string of the molecule is CCCCC/C=C\C/C=C\CCCCCCCCCCCC(=O)OC(COC(=O)CCCCCCC/C=C\CCCCC)COC(=O)CCCCCCCCCCCCCCCCCCCCCCCCCCCCCC. The fraction of sp³-hybridized carbons (Fsp3) is 0.873. The molecule has 0 aromatic heterocycles. The number of hydrogen-bond donors (Lipinski definition) is 0. The lowest BCUT2D eigenvalue weighted by atomic mass is 10.0. The van der Waals surface area contributed by atoms with Crippen LogP contribution >= 0.6 is 0 Å². The summed E-state index contributed by atoms with van der Waals surface area (Å²) in [4.78, 5) is 38.3. The number of allylic oxidation sites excluding steroid dienone is 6. The van der Waals surface area contributed by atoms with Gasteiger partial charge in [-0.25, -0.2) is 0 Å². The van der Waals surface area contributed by atoms with Crippen molar-refractivity contribution in [3.05, 3.63) is 36.5 Å². The van der Waals surface area contributed by atoms with Gasteiger partial charge in [-0.15, -0.1) is 0 Å². The molecule has 0 aromatic carbocycles. The van der Waals surface area contributed by atoms with E-state index in [2.05, 4.69) is 57.2 Å². The van der Waals surface area contributed by atoms with Gasteiger partial charge >= 0.3 is 17.9 Å². The van der Waals surface area contributed by atoms with E-state index < -0.39 is 6.10 Å². The molecule has 0 heterocycles. The molecule has 77 heavy (non-hydrogen) atoms. The van der Waals surface area contributed by atoms with Gasteiger partial charge in [-0.05, 0) is 77.0 Å². The van der Waals surface area contributed by atoms with Gasteiger partial charge in [0.1, 0.15) is 13.2 Å². The molecule has 0 fully saturated rings. The Bertz CT molecular complexity index is 1290. The van der Waals surface area contributed by atoms with Gasteiger partial charge in [-0.2, -0.15) is 0 Å².